The van der Waals surface area contributed by atoms with E-state index in [-0.39, 0.29) is 18.5 Å². The van der Waals surface area contributed by atoms with E-state index in [0.29, 0.717) is 18.3 Å². The Morgan fingerprint density at radius 2 is 2.33 bits per heavy atom. The number of hydrogen-bond donors (Lipinski definition) is 2. The molecule has 0 bridgehead atoms. The zero-order valence-corrected chi connectivity index (χ0v) is 11.3. The molecule has 0 heterocycles. The van der Waals surface area contributed by atoms with E-state index < -0.39 is 0 Å². The molecule has 0 aliphatic heterocycles. The molecule has 1 aliphatic rings. The van der Waals surface area contributed by atoms with Gasteiger partial charge in [0.25, 0.3) is 0 Å². The number of halogens is 1. The summed E-state index contributed by atoms with van der Waals surface area (Å²) in [6.45, 7) is 2.64. The van der Waals surface area contributed by atoms with Crippen LogP contribution in [0.5, 0.6) is 5.75 Å². The molecular formula is C13H19ClN2O2. The first kappa shape index (κ1) is 14.8. The van der Waals surface area contributed by atoms with Crippen molar-refractivity contribution in [3.63, 3.8) is 0 Å². The highest BCUT2D eigenvalue weighted by molar-refractivity contribution is 5.70. The van der Waals surface area contributed by atoms with Gasteiger partial charge in [0, 0.05) is 18.5 Å². The van der Waals surface area contributed by atoms with Crippen molar-refractivity contribution >= 4 is 6.09 Å². The molecule has 4 N–H and O–H groups in total. The lowest BCUT2D eigenvalue weighted by Gasteiger charge is -2.08. The lowest BCUT2D eigenvalue weighted by Crippen LogP contribution is -3.00. The minimum atomic E-state index is -0.384. The second-order valence-corrected chi connectivity index (χ2v) is 4.41. The van der Waals surface area contributed by atoms with Gasteiger partial charge in [0.2, 0.25) is 0 Å². The molecule has 0 saturated carbocycles. The van der Waals surface area contributed by atoms with E-state index in [1.54, 1.807) is 0 Å². The Morgan fingerprint density at radius 3 is 3.06 bits per heavy atom. The Labute approximate surface area is 113 Å². The van der Waals surface area contributed by atoms with Crippen molar-refractivity contribution in [2.24, 2.45) is 0 Å². The number of carbonyl (C=O) groups excluding carboxylic acids is 1. The van der Waals surface area contributed by atoms with Gasteiger partial charge < -0.3 is 28.2 Å². The van der Waals surface area contributed by atoms with Crippen molar-refractivity contribution in [3.05, 3.63) is 29.3 Å². The quantitative estimate of drug-likeness (QED) is 0.696. The van der Waals surface area contributed by atoms with Crippen LogP contribution in [0.25, 0.3) is 0 Å². The van der Waals surface area contributed by atoms with Crippen molar-refractivity contribution in [3.8, 4) is 5.75 Å². The van der Waals surface area contributed by atoms with Crippen LogP contribution in [0.4, 0.5) is 4.79 Å². The number of fused-ring (bicyclic) bond motifs is 1. The first-order chi connectivity index (χ1) is 8.20. The predicted molar refractivity (Wildman–Crippen MR) is 64.7 cm³/mol. The molecule has 5 heteroatoms. The van der Waals surface area contributed by atoms with Gasteiger partial charge in [-0.05, 0) is 30.5 Å². The SMILES string of the molecule is CCCNC(=O)Oc1ccc2c(c1)C([NH3+])CC2.[Cl-]. The summed E-state index contributed by atoms with van der Waals surface area (Å²) in [5.74, 6) is 0.605. The fourth-order valence-electron chi connectivity index (χ4n) is 2.10. The molecule has 0 saturated heterocycles. The lowest BCUT2D eigenvalue weighted by molar-refractivity contribution is -0.425. The van der Waals surface area contributed by atoms with Crippen molar-refractivity contribution < 1.29 is 27.7 Å². The monoisotopic (exact) mass is 270 g/mol. The van der Waals surface area contributed by atoms with E-state index in [4.69, 9.17) is 4.74 Å². The van der Waals surface area contributed by atoms with Crippen LogP contribution in [0.2, 0.25) is 0 Å². The maximum atomic E-state index is 11.4. The molecular weight excluding hydrogens is 252 g/mol. The molecule has 100 valence electrons. The molecule has 2 rings (SSSR count). The minimum Gasteiger partial charge on any atom is -1.00 e. The van der Waals surface area contributed by atoms with Gasteiger partial charge in [-0.1, -0.05) is 13.0 Å². The number of ether oxygens (including phenoxy) is 1. The van der Waals surface area contributed by atoms with Gasteiger partial charge in [-0.15, -0.1) is 0 Å². The average Bonchev–Trinajstić information content (AvgIpc) is 2.68. The molecule has 0 spiro atoms. The second-order valence-electron chi connectivity index (χ2n) is 4.41. The molecule has 1 atom stereocenters. The summed E-state index contributed by atoms with van der Waals surface area (Å²) in [5.41, 5.74) is 6.63. The third-order valence-corrected chi connectivity index (χ3v) is 3.05. The Balaban J connectivity index is 0.00000162. The highest BCUT2D eigenvalue weighted by Gasteiger charge is 2.22. The van der Waals surface area contributed by atoms with Crippen LogP contribution in [0.15, 0.2) is 18.2 Å². The lowest BCUT2D eigenvalue weighted by atomic mass is 10.1. The van der Waals surface area contributed by atoms with Gasteiger partial charge in [-0.25, -0.2) is 4.79 Å². The van der Waals surface area contributed by atoms with Gasteiger partial charge >= 0.3 is 6.09 Å². The van der Waals surface area contributed by atoms with Gasteiger partial charge in [-0.2, -0.15) is 0 Å². The maximum Gasteiger partial charge on any atom is 0.412 e. The zero-order valence-electron chi connectivity index (χ0n) is 10.5. The highest BCUT2D eigenvalue weighted by atomic mass is 35.5. The number of benzene rings is 1. The normalized spacial score (nSPS) is 16.7. The number of amides is 1. The van der Waals surface area contributed by atoms with Crippen LogP contribution in [-0.4, -0.2) is 12.6 Å². The van der Waals surface area contributed by atoms with Gasteiger partial charge in [-0.3, -0.25) is 0 Å². The van der Waals surface area contributed by atoms with Gasteiger partial charge in [0.15, 0.2) is 0 Å². The first-order valence-corrected chi connectivity index (χ1v) is 6.12. The van der Waals surface area contributed by atoms with Crippen molar-refractivity contribution in [2.45, 2.75) is 32.2 Å². The van der Waals surface area contributed by atoms with Crippen LogP contribution < -0.4 is 28.2 Å². The van der Waals surface area contributed by atoms with E-state index in [2.05, 4.69) is 11.1 Å². The van der Waals surface area contributed by atoms with Crippen molar-refractivity contribution in [1.82, 2.24) is 5.32 Å². The molecule has 4 nitrogen and oxygen atoms in total. The molecule has 1 aromatic rings. The predicted octanol–water partition coefficient (Wildman–Crippen LogP) is -1.58. The third kappa shape index (κ3) is 3.37. The Kier molecular flexibility index (Phi) is 5.44. The molecule has 1 aliphatic carbocycles. The molecule has 1 aromatic carbocycles. The van der Waals surface area contributed by atoms with Crippen LogP contribution >= 0.6 is 0 Å². The van der Waals surface area contributed by atoms with Gasteiger partial charge in [0.1, 0.15) is 11.8 Å². The number of carbonyl (C=O) groups is 1. The Bertz CT molecular complexity index is 423. The molecule has 0 radical (unpaired) electrons. The molecule has 0 fully saturated rings. The molecule has 18 heavy (non-hydrogen) atoms. The summed E-state index contributed by atoms with van der Waals surface area (Å²) < 4.78 is 5.21. The van der Waals surface area contributed by atoms with Crippen LogP contribution in [0.3, 0.4) is 0 Å². The standard InChI is InChI=1S/C13H18N2O2.ClH/c1-2-7-15-13(16)17-10-5-3-9-4-6-12(14)11(9)8-10;/h3,5,8,12H,2,4,6-7,14H2,1H3,(H,15,16);1H. The molecule has 1 amide bonds. The van der Waals surface area contributed by atoms with Crippen LogP contribution in [0, 0.1) is 0 Å². The summed E-state index contributed by atoms with van der Waals surface area (Å²) in [6.07, 6.45) is 2.68. The second kappa shape index (κ2) is 6.61. The summed E-state index contributed by atoms with van der Waals surface area (Å²) in [6, 6.07) is 6.14. The minimum absolute atomic E-state index is 0. The van der Waals surface area contributed by atoms with E-state index in [1.165, 1.54) is 11.1 Å². The Hall–Kier alpha value is -1.26. The average molecular weight is 271 g/mol. The van der Waals surface area contributed by atoms with Crippen LogP contribution in [-0.2, 0) is 6.42 Å². The maximum absolute atomic E-state index is 11.4. The number of hydrogen-bond acceptors (Lipinski definition) is 2. The zero-order chi connectivity index (χ0) is 12.3. The molecule has 0 aromatic heterocycles. The van der Waals surface area contributed by atoms with E-state index in [9.17, 15) is 4.79 Å². The third-order valence-electron chi connectivity index (χ3n) is 3.05. The largest absolute Gasteiger partial charge is 1.00 e. The number of aryl methyl sites for hydroxylation is 1. The Morgan fingerprint density at radius 1 is 1.56 bits per heavy atom. The summed E-state index contributed by atoms with van der Waals surface area (Å²) in [4.78, 5) is 11.4. The number of rotatable bonds is 3. The fourth-order valence-corrected chi connectivity index (χ4v) is 2.10. The number of nitrogens with one attached hydrogen (secondary N) is 1. The topological polar surface area (TPSA) is 66.0 Å². The fraction of sp³-hybridized carbons (Fsp3) is 0.462. The molecule has 1 unspecified atom stereocenters. The summed E-state index contributed by atoms with van der Waals surface area (Å²) in [7, 11) is 0. The summed E-state index contributed by atoms with van der Waals surface area (Å²) >= 11 is 0. The van der Waals surface area contributed by atoms with E-state index in [0.717, 1.165) is 19.3 Å². The number of quaternary nitrogens is 1. The highest BCUT2D eigenvalue weighted by Crippen LogP contribution is 2.30. The summed E-state index contributed by atoms with van der Waals surface area (Å²) in [5, 5.41) is 2.68. The van der Waals surface area contributed by atoms with Crippen molar-refractivity contribution in [1.29, 1.82) is 0 Å². The smallest absolute Gasteiger partial charge is 0.412 e. The van der Waals surface area contributed by atoms with E-state index in [1.807, 2.05) is 25.1 Å². The van der Waals surface area contributed by atoms with E-state index >= 15 is 0 Å². The van der Waals surface area contributed by atoms with Gasteiger partial charge in [0.05, 0.1) is 0 Å². The van der Waals surface area contributed by atoms with Crippen LogP contribution in [0.1, 0.15) is 36.9 Å². The first-order valence-electron chi connectivity index (χ1n) is 6.12. The van der Waals surface area contributed by atoms with Crippen molar-refractivity contribution in [2.75, 3.05) is 6.54 Å².